The van der Waals surface area contributed by atoms with E-state index in [4.69, 9.17) is 4.74 Å². The third kappa shape index (κ3) is 3.47. The normalized spacial score (nSPS) is 15.6. The van der Waals surface area contributed by atoms with Crippen molar-refractivity contribution >= 4 is 17.3 Å². The minimum atomic E-state index is -0.473. The molecule has 0 N–H and O–H groups in total. The van der Waals surface area contributed by atoms with E-state index in [-0.39, 0.29) is 17.3 Å². The molecule has 1 saturated heterocycles. The van der Waals surface area contributed by atoms with E-state index in [1.807, 2.05) is 9.80 Å². The van der Waals surface area contributed by atoms with Crippen molar-refractivity contribution in [1.82, 2.24) is 4.90 Å². The summed E-state index contributed by atoms with van der Waals surface area (Å²) in [6, 6.07) is 4.72. The molecule has 1 amide bonds. The summed E-state index contributed by atoms with van der Waals surface area (Å²) in [6.45, 7) is 4.62. The van der Waals surface area contributed by atoms with E-state index in [1.54, 1.807) is 12.1 Å². The molecule has 1 fully saturated rings. The number of rotatable bonds is 5. The average molecular weight is 307 g/mol. The molecule has 0 radical (unpaired) electrons. The summed E-state index contributed by atoms with van der Waals surface area (Å²) in [5.74, 6) is 0.307. The lowest BCUT2D eigenvalue weighted by Crippen LogP contribution is -2.37. The van der Waals surface area contributed by atoms with Crippen molar-refractivity contribution in [3.05, 3.63) is 28.3 Å². The molecule has 0 atom stereocenters. The number of anilines is 1. The smallest absolute Gasteiger partial charge is 0.311 e. The van der Waals surface area contributed by atoms with Gasteiger partial charge in [0.1, 0.15) is 0 Å². The highest BCUT2D eigenvalue weighted by molar-refractivity contribution is 5.82. The minimum Gasteiger partial charge on any atom is -0.490 e. The van der Waals surface area contributed by atoms with E-state index in [1.165, 1.54) is 13.2 Å². The van der Waals surface area contributed by atoms with Crippen molar-refractivity contribution in [2.45, 2.75) is 19.8 Å². The van der Waals surface area contributed by atoms with Crippen LogP contribution in [0.4, 0.5) is 11.4 Å². The second-order valence-corrected chi connectivity index (χ2v) is 5.27. The predicted molar refractivity (Wildman–Crippen MR) is 83.3 cm³/mol. The number of amides is 1. The average Bonchev–Trinajstić information content (AvgIpc) is 2.69. The molecule has 0 aliphatic carbocycles. The summed E-state index contributed by atoms with van der Waals surface area (Å²) in [5, 5.41) is 10.9. The summed E-state index contributed by atoms with van der Waals surface area (Å²) in [5.41, 5.74) is 0.703. The Morgan fingerprint density at radius 2 is 2.14 bits per heavy atom. The molecule has 1 heterocycles. The molecule has 22 heavy (non-hydrogen) atoms. The van der Waals surface area contributed by atoms with Crippen LogP contribution in [0.3, 0.4) is 0 Å². The van der Waals surface area contributed by atoms with Crippen LogP contribution >= 0.6 is 0 Å². The first kappa shape index (κ1) is 16.1. The Morgan fingerprint density at radius 1 is 1.36 bits per heavy atom. The number of nitro benzene ring substituents is 1. The number of nitrogens with zero attached hydrogens (tertiary/aromatic N) is 3. The van der Waals surface area contributed by atoms with Gasteiger partial charge in [-0.1, -0.05) is 6.92 Å². The zero-order valence-corrected chi connectivity index (χ0v) is 12.9. The number of nitro groups is 1. The van der Waals surface area contributed by atoms with Crippen LogP contribution in [-0.4, -0.2) is 49.0 Å². The molecular weight excluding hydrogens is 286 g/mol. The highest BCUT2D eigenvalue weighted by Gasteiger charge is 2.23. The van der Waals surface area contributed by atoms with Gasteiger partial charge in [0, 0.05) is 37.5 Å². The molecule has 7 nitrogen and oxygen atoms in total. The zero-order valence-electron chi connectivity index (χ0n) is 12.9. The second kappa shape index (κ2) is 7.11. The SMILES string of the molecule is CCCN1CCCN(c2ccc([N+](=O)[O-])c(OC)c2)CC1=O. The molecule has 0 saturated carbocycles. The Kier molecular flexibility index (Phi) is 5.19. The summed E-state index contributed by atoms with van der Waals surface area (Å²) >= 11 is 0. The molecule has 120 valence electrons. The third-order valence-corrected chi connectivity index (χ3v) is 3.75. The number of carbonyl (C=O) groups is 1. The summed E-state index contributed by atoms with van der Waals surface area (Å²) in [7, 11) is 1.41. The van der Waals surface area contributed by atoms with Gasteiger partial charge in [-0.3, -0.25) is 14.9 Å². The Morgan fingerprint density at radius 3 is 2.77 bits per heavy atom. The van der Waals surface area contributed by atoms with Gasteiger partial charge in [0.15, 0.2) is 5.75 Å². The standard InChI is InChI=1S/C15H21N3O4/c1-3-7-16-8-4-9-17(11-15(16)19)12-5-6-13(18(20)21)14(10-12)22-2/h5-6,10H,3-4,7-9,11H2,1-2H3. The topological polar surface area (TPSA) is 75.9 Å². The third-order valence-electron chi connectivity index (χ3n) is 3.75. The lowest BCUT2D eigenvalue weighted by Gasteiger charge is -2.23. The van der Waals surface area contributed by atoms with E-state index in [9.17, 15) is 14.9 Å². The van der Waals surface area contributed by atoms with Crippen molar-refractivity contribution < 1.29 is 14.5 Å². The van der Waals surface area contributed by atoms with Crippen molar-refractivity contribution in [3.63, 3.8) is 0 Å². The van der Waals surface area contributed by atoms with E-state index < -0.39 is 4.92 Å². The van der Waals surface area contributed by atoms with Crippen LogP contribution in [-0.2, 0) is 4.79 Å². The molecule has 1 aliphatic rings. The molecular formula is C15H21N3O4. The van der Waals surface area contributed by atoms with Crippen LogP contribution in [0.1, 0.15) is 19.8 Å². The fourth-order valence-corrected chi connectivity index (χ4v) is 2.66. The van der Waals surface area contributed by atoms with Crippen LogP contribution in [0, 0.1) is 10.1 Å². The molecule has 0 spiro atoms. The lowest BCUT2D eigenvalue weighted by molar-refractivity contribution is -0.385. The van der Waals surface area contributed by atoms with Gasteiger partial charge in [-0.05, 0) is 18.9 Å². The van der Waals surface area contributed by atoms with Crippen LogP contribution < -0.4 is 9.64 Å². The largest absolute Gasteiger partial charge is 0.490 e. The van der Waals surface area contributed by atoms with Gasteiger partial charge in [0.2, 0.25) is 5.91 Å². The molecule has 7 heteroatoms. The maximum absolute atomic E-state index is 12.3. The maximum atomic E-state index is 12.3. The number of carbonyl (C=O) groups excluding carboxylic acids is 1. The van der Waals surface area contributed by atoms with Crippen LogP contribution in [0.5, 0.6) is 5.75 Å². The number of hydrogen-bond donors (Lipinski definition) is 0. The molecule has 1 aromatic rings. The number of hydrogen-bond acceptors (Lipinski definition) is 5. The highest BCUT2D eigenvalue weighted by Crippen LogP contribution is 2.31. The van der Waals surface area contributed by atoms with E-state index >= 15 is 0 Å². The molecule has 2 rings (SSSR count). The number of methoxy groups -OCH3 is 1. The second-order valence-electron chi connectivity index (χ2n) is 5.27. The Balaban J connectivity index is 2.21. The quantitative estimate of drug-likeness (QED) is 0.614. The molecule has 1 aliphatic heterocycles. The minimum absolute atomic E-state index is 0.0694. The Labute approximate surface area is 129 Å². The molecule has 1 aromatic carbocycles. The fraction of sp³-hybridized carbons (Fsp3) is 0.533. The first-order valence-electron chi connectivity index (χ1n) is 7.42. The first-order valence-corrected chi connectivity index (χ1v) is 7.42. The van der Waals surface area contributed by atoms with Gasteiger partial charge < -0.3 is 14.5 Å². The van der Waals surface area contributed by atoms with Crippen molar-refractivity contribution in [2.75, 3.05) is 38.2 Å². The summed E-state index contributed by atoms with van der Waals surface area (Å²) in [4.78, 5) is 26.6. The van der Waals surface area contributed by atoms with Gasteiger partial charge in [-0.25, -0.2) is 0 Å². The molecule has 0 bridgehead atoms. The number of benzene rings is 1. The first-order chi connectivity index (χ1) is 10.6. The van der Waals surface area contributed by atoms with E-state index in [2.05, 4.69) is 6.92 Å². The van der Waals surface area contributed by atoms with Gasteiger partial charge in [0.05, 0.1) is 18.6 Å². The van der Waals surface area contributed by atoms with Gasteiger partial charge >= 0.3 is 5.69 Å². The Hall–Kier alpha value is -2.31. The van der Waals surface area contributed by atoms with Crippen molar-refractivity contribution in [1.29, 1.82) is 0 Å². The van der Waals surface area contributed by atoms with Gasteiger partial charge in [-0.2, -0.15) is 0 Å². The van der Waals surface area contributed by atoms with Crippen LogP contribution in [0.15, 0.2) is 18.2 Å². The van der Waals surface area contributed by atoms with Crippen molar-refractivity contribution in [3.8, 4) is 5.75 Å². The van der Waals surface area contributed by atoms with Crippen LogP contribution in [0.2, 0.25) is 0 Å². The predicted octanol–water partition coefficient (Wildman–Crippen LogP) is 2.05. The molecule has 0 unspecified atom stereocenters. The zero-order chi connectivity index (χ0) is 16.1. The number of ether oxygens (including phenoxy) is 1. The monoisotopic (exact) mass is 307 g/mol. The molecule has 0 aromatic heterocycles. The van der Waals surface area contributed by atoms with Gasteiger partial charge in [-0.15, -0.1) is 0 Å². The summed E-state index contributed by atoms with van der Waals surface area (Å²) < 4.78 is 5.09. The van der Waals surface area contributed by atoms with E-state index in [0.717, 1.165) is 38.2 Å². The van der Waals surface area contributed by atoms with Crippen LogP contribution in [0.25, 0.3) is 0 Å². The fourth-order valence-electron chi connectivity index (χ4n) is 2.66. The summed E-state index contributed by atoms with van der Waals surface area (Å²) in [6.07, 6.45) is 1.82. The Bertz CT molecular complexity index is 562. The highest BCUT2D eigenvalue weighted by atomic mass is 16.6. The maximum Gasteiger partial charge on any atom is 0.311 e. The lowest BCUT2D eigenvalue weighted by atomic mass is 10.2. The van der Waals surface area contributed by atoms with Crippen molar-refractivity contribution in [2.24, 2.45) is 0 Å². The van der Waals surface area contributed by atoms with E-state index in [0.29, 0.717) is 6.54 Å². The van der Waals surface area contributed by atoms with Gasteiger partial charge in [0.25, 0.3) is 0 Å².